The maximum atomic E-state index is 13.3. The number of rotatable bonds is 57. The van der Waals surface area contributed by atoms with E-state index in [0.29, 0.717) is 12.8 Å². The van der Waals surface area contributed by atoms with Crippen molar-refractivity contribution in [2.24, 2.45) is 0 Å². The van der Waals surface area contributed by atoms with Crippen LogP contribution in [0.5, 0.6) is 0 Å². The Balaban J connectivity index is 1.52. The average Bonchev–Trinajstić information content (AvgIpc) is 3.59. The number of ether oxygens (including phenoxy) is 4. The van der Waals surface area contributed by atoms with Crippen molar-refractivity contribution < 1.29 is 64.6 Å². The normalized spacial score (nSPS) is 23.9. The summed E-state index contributed by atoms with van der Waals surface area (Å²) in [6, 6.07) is -0.825. The Labute approximate surface area is 512 Å². The molecule has 2 aliphatic heterocycles. The minimum Gasteiger partial charge on any atom is -0.394 e. The monoisotopic (exact) mass is 1190 g/mol. The van der Waals surface area contributed by atoms with Crippen LogP contribution in [0.4, 0.5) is 0 Å². The van der Waals surface area contributed by atoms with Gasteiger partial charge in [0.15, 0.2) is 12.6 Å². The van der Waals surface area contributed by atoms with E-state index in [-0.39, 0.29) is 12.5 Å². The molecule has 492 valence electrons. The second-order valence-corrected chi connectivity index (χ2v) is 24.6. The maximum absolute atomic E-state index is 13.3. The van der Waals surface area contributed by atoms with Gasteiger partial charge in [-0.25, -0.2) is 0 Å². The predicted molar refractivity (Wildman–Crippen MR) is 341 cm³/mol. The first-order chi connectivity index (χ1) is 41.1. The number of aliphatic hydroxyl groups excluding tert-OH is 8. The fourth-order valence-corrected chi connectivity index (χ4v) is 11.5. The van der Waals surface area contributed by atoms with Crippen molar-refractivity contribution in [1.82, 2.24) is 5.32 Å². The molecule has 84 heavy (non-hydrogen) atoms. The van der Waals surface area contributed by atoms with Gasteiger partial charge in [-0.15, -0.1) is 0 Å². The van der Waals surface area contributed by atoms with Crippen LogP contribution in [0.25, 0.3) is 0 Å². The van der Waals surface area contributed by atoms with Crippen LogP contribution in [0.2, 0.25) is 0 Å². The lowest BCUT2D eigenvalue weighted by Crippen LogP contribution is -2.65. The number of carbonyl (C=O) groups is 1. The molecule has 2 rings (SSSR count). The van der Waals surface area contributed by atoms with Crippen LogP contribution < -0.4 is 5.32 Å². The van der Waals surface area contributed by atoms with E-state index in [2.05, 4.69) is 67.8 Å². The summed E-state index contributed by atoms with van der Waals surface area (Å²) >= 11 is 0. The summed E-state index contributed by atoms with van der Waals surface area (Å²) in [6.45, 7) is 2.76. The Morgan fingerprint density at radius 2 is 0.821 bits per heavy atom. The van der Waals surface area contributed by atoms with E-state index in [1.165, 1.54) is 193 Å². The molecule has 0 aromatic rings. The van der Waals surface area contributed by atoms with E-state index in [1.807, 2.05) is 0 Å². The van der Waals surface area contributed by atoms with E-state index < -0.39 is 86.8 Å². The van der Waals surface area contributed by atoms with Gasteiger partial charge in [0.1, 0.15) is 48.8 Å². The van der Waals surface area contributed by atoms with E-state index >= 15 is 0 Å². The Morgan fingerprint density at radius 3 is 1.26 bits per heavy atom. The van der Waals surface area contributed by atoms with E-state index in [9.17, 15) is 45.6 Å². The highest BCUT2D eigenvalue weighted by molar-refractivity contribution is 5.76. The van der Waals surface area contributed by atoms with Crippen molar-refractivity contribution in [3.05, 3.63) is 48.6 Å². The van der Waals surface area contributed by atoms with Crippen molar-refractivity contribution in [2.45, 2.75) is 370 Å². The number of hydrogen-bond acceptors (Lipinski definition) is 13. The number of nitrogens with one attached hydrogen (secondary N) is 1. The Bertz CT molecular complexity index is 1590. The van der Waals surface area contributed by atoms with Crippen LogP contribution >= 0.6 is 0 Å². The van der Waals surface area contributed by atoms with Gasteiger partial charge in [0.25, 0.3) is 0 Å². The van der Waals surface area contributed by atoms with Crippen molar-refractivity contribution in [3.63, 3.8) is 0 Å². The molecule has 1 amide bonds. The predicted octanol–water partition coefficient (Wildman–Crippen LogP) is 13.9. The van der Waals surface area contributed by atoms with Gasteiger partial charge in [-0.1, -0.05) is 287 Å². The zero-order chi connectivity index (χ0) is 60.9. The molecule has 2 fully saturated rings. The van der Waals surface area contributed by atoms with Crippen molar-refractivity contribution in [3.8, 4) is 0 Å². The van der Waals surface area contributed by atoms with E-state index in [4.69, 9.17) is 18.9 Å². The van der Waals surface area contributed by atoms with Crippen LogP contribution in [0.15, 0.2) is 48.6 Å². The fraction of sp³-hybridized carbons (Fsp3) is 0.871. The zero-order valence-corrected chi connectivity index (χ0v) is 53.4. The van der Waals surface area contributed by atoms with Gasteiger partial charge >= 0.3 is 0 Å². The fourth-order valence-electron chi connectivity index (χ4n) is 11.5. The van der Waals surface area contributed by atoms with Crippen LogP contribution in [0.3, 0.4) is 0 Å². The molecule has 0 radical (unpaired) electrons. The van der Waals surface area contributed by atoms with Gasteiger partial charge < -0.3 is 65.1 Å². The first-order valence-electron chi connectivity index (χ1n) is 34.9. The minimum atomic E-state index is -1.78. The second-order valence-electron chi connectivity index (χ2n) is 24.6. The van der Waals surface area contributed by atoms with Crippen LogP contribution in [0, 0.1) is 0 Å². The lowest BCUT2D eigenvalue weighted by Gasteiger charge is -2.46. The Morgan fingerprint density at radius 1 is 0.440 bits per heavy atom. The highest BCUT2D eigenvalue weighted by Crippen LogP contribution is 2.30. The molecular weight excluding hydrogens is 1060 g/mol. The molecule has 0 aliphatic carbocycles. The van der Waals surface area contributed by atoms with Gasteiger partial charge in [0.2, 0.25) is 5.91 Å². The summed E-state index contributed by atoms with van der Waals surface area (Å²) in [6.07, 6.45) is 54.5. The molecule has 12 atom stereocenters. The molecule has 0 spiro atoms. The number of carbonyl (C=O) groups excluding carboxylic acids is 1. The number of unbranched alkanes of at least 4 members (excludes halogenated alkanes) is 36. The molecule has 2 aliphatic rings. The molecule has 2 saturated heterocycles. The molecule has 2 heterocycles. The van der Waals surface area contributed by atoms with Crippen molar-refractivity contribution >= 4 is 5.91 Å². The number of allylic oxidation sites excluding steroid dienone is 8. The molecule has 14 heteroatoms. The van der Waals surface area contributed by atoms with Gasteiger partial charge in [-0.2, -0.15) is 0 Å². The van der Waals surface area contributed by atoms with Gasteiger partial charge in [0.05, 0.1) is 32.0 Å². The van der Waals surface area contributed by atoms with Gasteiger partial charge in [-0.05, 0) is 51.4 Å². The smallest absolute Gasteiger partial charge is 0.220 e. The summed E-state index contributed by atoms with van der Waals surface area (Å²) in [5.74, 6) is -0.203. The van der Waals surface area contributed by atoms with Crippen LogP contribution in [0.1, 0.15) is 296 Å². The SMILES string of the molecule is CC/C=C\C/C=C\C/C=C\C/C=C\CCCCCCCCCCCCCCCCCCCCCCCCCCCCC(=O)NC(COC1OC(CO)C(OC2OC(CO)C(O)C(O)C2O)C(O)C1O)C(O)CCCCCCCCCCCCC. The number of hydrogen-bond donors (Lipinski definition) is 9. The molecule has 0 aromatic carbocycles. The maximum Gasteiger partial charge on any atom is 0.220 e. The summed E-state index contributed by atoms with van der Waals surface area (Å²) < 4.78 is 22.8. The van der Waals surface area contributed by atoms with Crippen molar-refractivity contribution in [2.75, 3.05) is 19.8 Å². The molecule has 0 aromatic heterocycles. The van der Waals surface area contributed by atoms with E-state index in [1.54, 1.807) is 0 Å². The summed E-state index contributed by atoms with van der Waals surface area (Å²) in [5, 5.41) is 87.3. The van der Waals surface area contributed by atoms with Crippen LogP contribution in [-0.2, 0) is 23.7 Å². The third kappa shape index (κ3) is 39.1. The zero-order valence-electron chi connectivity index (χ0n) is 53.4. The molecule has 0 saturated carbocycles. The summed E-state index contributed by atoms with van der Waals surface area (Å²) in [7, 11) is 0. The Hall–Kier alpha value is -2.05. The van der Waals surface area contributed by atoms with Crippen LogP contribution in [-0.4, -0.2) is 140 Å². The second kappa shape index (κ2) is 55.1. The quantitative estimate of drug-likeness (QED) is 0.0204. The van der Waals surface area contributed by atoms with Gasteiger partial charge in [-0.3, -0.25) is 4.79 Å². The van der Waals surface area contributed by atoms with E-state index in [0.717, 1.165) is 77.0 Å². The largest absolute Gasteiger partial charge is 0.394 e. The molecule has 0 bridgehead atoms. The molecule has 12 unspecified atom stereocenters. The first kappa shape index (κ1) is 78.0. The number of amides is 1. The molecule has 9 N–H and O–H groups in total. The summed E-state index contributed by atoms with van der Waals surface area (Å²) in [4.78, 5) is 13.3. The standard InChI is InChI=1S/C70H129NO13/c1-3-5-7-9-11-13-15-16-17-18-19-20-21-22-23-24-25-26-27-28-29-30-31-32-33-34-35-36-37-38-39-40-41-42-44-46-48-50-52-54-62(75)71-58(59(74)53-51-49-47-45-43-14-12-10-8-6-4-2)57-81-69-67(80)65(78)68(61(56-73)83-69)84-70-66(79)64(77)63(76)60(55-72)82-70/h5,7,11,13,16-17,19-20,58-61,63-70,72-74,76-80H,3-4,6,8-10,12,14-15,18,21-57H2,1-2H3,(H,71,75)/b7-5-,13-11-,17-16-,20-19-. The average molecular weight is 1190 g/mol. The minimum absolute atomic E-state index is 0.203. The molecular formula is C70H129NO13. The molecule has 14 nitrogen and oxygen atoms in total. The van der Waals surface area contributed by atoms with Gasteiger partial charge in [0, 0.05) is 6.42 Å². The first-order valence-corrected chi connectivity index (χ1v) is 34.9. The topological polar surface area (TPSA) is 228 Å². The Kier molecular flexibility index (Phi) is 51.1. The lowest BCUT2D eigenvalue weighted by atomic mass is 9.97. The van der Waals surface area contributed by atoms with Crippen molar-refractivity contribution in [1.29, 1.82) is 0 Å². The third-order valence-corrected chi connectivity index (χ3v) is 17.1. The summed E-state index contributed by atoms with van der Waals surface area (Å²) in [5.41, 5.74) is 0. The third-order valence-electron chi connectivity index (χ3n) is 17.1. The lowest BCUT2D eigenvalue weighted by molar-refractivity contribution is -0.359. The highest BCUT2D eigenvalue weighted by atomic mass is 16.7. The number of aliphatic hydroxyl groups is 8. The highest BCUT2D eigenvalue weighted by Gasteiger charge is 2.51.